The van der Waals surface area contributed by atoms with Crippen LogP contribution in [0, 0.1) is 0 Å². The Hall–Kier alpha value is -1.36. The Bertz CT molecular complexity index is 614. The molecule has 4 unspecified atom stereocenters. The fourth-order valence-corrected chi connectivity index (χ4v) is 3.66. The average molecular weight is 409 g/mol. The van der Waals surface area contributed by atoms with Crippen molar-refractivity contribution >= 4 is 32.2 Å². The van der Waals surface area contributed by atoms with Crippen molar-refractivity contribution in [2.45, 2.75) is 35.4 Å². The van der Waals surface area contributed by atoms with E-state index in [1.165, 1.54) is 0 Å². The molecule has 0 fully saturated rings. The Morgan fingerprint density at radius 1 is 0.760 bits per heavy atom. The van der Waals surface area contributed by atoms with E-state index in [1.54, 1.807) is 0 Å². The first kappa shape index (κ1) is 23.6. The number of carboxylic acid groups (broad SMARTS) is 2. The van der Waals surface area contributed by atoms with Crippen LogP contribution >= 0.6 is 0 Å². The summed E-state index contributed by atoms with van der Waals surface area (Å²) in [6, 6.07) is -3.64. The van der Waals surface area contributed by atoms with Gasteiger partial charge in [0.05, 0.1) is 26.1 Å². The minimum atomic E-state index is -5.00. The Labute approximate surface area is 142 Å². The lowest BCUT2D eigenvalue weighted by molar-refractivity contribution is -0.137. The summed E-state index contributed by atoms with van der Waals surface area (Å²) in [5.74, 6) is -3.22. The molecule has 0 aromatic carbocycles. The Morgan fingerprint density at radius 3 is 1.20 bits per heavy atom. The van der Waals surface area contributed by atoms with Crippen LogP contribution in [0.3, 0.4) is 0 Å². The second-order valence-electron chi connectivity index (χ2n) is 5.05. The van der Waals surface area contributed by atoms with Crippen molar-refractivity contribution < 1.29 is 56.0 Å². The molecule has 0 saturated carbocycles. The van der Waals surface area contributed by atoms with Crippen LogP contribution in [-0.2, 0) is 29.8 Å². The van der Waals surface area contributed by atoms with Crippen molar-refractivity contribution in [1.29, 1.82) is 0 Å². The minimum absolute atomic E-state index is 1.05. The largest absolute Gasteiger partial charge is 0.481 e. The summed E-state index contributed by atoms with van der Waals surface area (Å²) in [5.41, 5.74) is 0. The third kappa shape index (κ3) is 8.04. The van der Waals surface area contributed by atoms with Crippen LogP contribution in [0.1, 0.15) is 12.8 Å². The van der Waals surface area contributed by atoms with Crippen LogP contribution in [0.4, 0.5) is 0 Å². The van der Waals surface area contributed by atoms with E-state index in [0.29, 0.717) is 0 Å². The van der Waals surface area contributed by atoms with E-state index in [1.807, 2.05) is 0 Å². The van der Waals surface area contributed by atoms with Crippen molar-refractivity contribution in [3.05, 3.63) is 0 Å². The fraction of sp³-hybridized carbons (Fsp3) is 0.800. The fourth-order valence-electron chi connectivity index (χ4n) is 2.10. The van der Waals surface area contributed by atoms with E-state index in [-0.39, 0.29) is 0 Å². The zero-order valence-electron chi connectivity index (χ0n) is 12.6. The van der Waals surface area contributed by atoms with Gasteiger partial charge < -0.3 is 25.7 Å². The van der Waals surface area contributed by atoms with E-state index in [0.717, 1.165) is 0 Å². The predicted octanol–water partition coefficient (Wildman–Crippen LogP) is -3.24. The molecule has 0 saturated heterocycles. The SMILES string of the molecule is O=C(O)CC(NC(CC(=O)O)C(CO)S(=O)(=O)O)C(CO)S(=O)(=O)O. The van der Waals surface area contributed by atoms with Gasteiger partial charge in [-0.3, -0.25) is 18.7 Å². The molecule has 0 aromatic heterocycles. The lowest BCUT2D eigenvalue weighted by atomic mass is 10.0. The van der Waals surface area contributed by atoms with E-state index in [4.69, 9.17) is 29.5 Å². The molecule has 13 nitrogen and oxygen atoms in total. The zero-order chi connectivity index (χ0) is 20.0. The highest BCUT2D eigenvalue weighted by atomic mass is 32.2. The first-order chi connectivity index (χ1) is 11.2. The van der Waals surface area contributed by atoms with E-state index in [9.17, 15) is 26.4 Å². The van der Waals surface area contributed by atoms with Gasteiger partial charge in [0.15, 0.2) is 0 Å². The molecule has 0 aromatic rings. The van der Waals surface area contributed by atoms with Crippen LogP contribution in [0.15, 0.2) is 0 Å². The van der Waals surface area contributed by atoms with Crippen molar-refractivity contribution in [3.63, 3.8) is 0 Å². The molecule has 25 heavy (non-hydrogen) atoms. The van der Waals surface area contributed by atoms with Gasteiger partial charge in [0.1, 0.15) is 10.5 Å². The molecule has 0 aliphatic rings. The predicted molar refractivity (Wildman–Crippen MR) is 80.1 cm³/mol. The Morgan fingerprint density at radius 2 is 1.04 bits per heavy atom. The molecule has 0 radical (unpaired) electrons. The second-order valence-corrected chi connectivity index (χ2v) is 8.32. The van der Waals surface area contributed by atoms with E-state index in [2.05, 4.69) is 5.32 Å². The highest BCUT2D eigenvalue weighted by Gasteiger charge is 2.39. The van der Waals surface area contributed by atoms with E-state index < -0.39 is 80.8 Å². The van der Waals surface area contributed by atoms with Crippen molar-refractivity contribution in [2.75, 3.05) is 13.2 Å². The molecule has 0 aliphatic heterocycles. The van der Waals surface area contributed by atoms with Gasteiger partial charge in [0.25, 0.3) is 20.2 Å². The molecule has 148 valence electrons. The summed E-state index contributed by atoms with van der Waals surface area (Å²) in [6.07, 6.45) is -2.10. The maximum Gasteiger partial charge on any atom is 0.304 e. The molecule has 15 heteroatoms. The van der Waals surface area contributed by atoms with Crippen molar-refractivity contribution in [2.24, 2.45) is 0 Å². The summed E-state index contributed by atoms with van der Waals surface area (Å²) in [5, 5.41) is 33.6. The molecule has 0 spiro atoms. The van der Waals surface area contributed by atoms with Gasteiger partial charge in [-0.1, -0.05) is 0 Å². The third-order valence-electron chi connectivity index (χ3n) is 3.24. The molecule has 0 aliphatic carbocycles. The van der Waals surface area contributed by atoms with Gasteiger partial charge >= 0.3 is 11.9 Å². The van der Waals surface area contributed by atoms with Gasteiger partial charge in [0, 0.05) is 12.1 Å². The van der Waals surface area contributed by atoms with Gasteiger partial charge in [0.2, 0.25) is 0 Å². The Balaban J connectivity index is 5.88. The van der Waals surface area contributed by atoms with Crippen LogP contribution in [-0.4, -0.2) is 94.1 Å². The third-order valence-corrected chi connectivity index (χ3v) is 5.73. The topological polar surface area (TPSA) is 236 Å². The zero-order valence-corrected chi connectivity index (χ0v) is 14.2. The number of carboxylic acids is 2. The van der Waals surface area contributed by atoms with Crippen LogP contribution < -0.4 is 5.32 Å². The van der Waals surface area contributed by atoms with Crippen molar-refractivity contribution in [3.8, 4) is 0 Å². The number of carbonyl (C=O) groups is 2. The molecule has 0 amide bonds. The molecular formula is C10H19NO12S2. The summed E-state index contributed by atoms with van der Waals surface area (Å²) in [6.45, 7) is -2.53. The summed E-state index contributed by atoms with van der Waals surface area (Å²) < 4.78 is 63.1. The van der Waals surface area contributed by atoms with E-state index >= 15 is 0 Å². The maximum atomic E-state index is 11.3. The number of hydrogen-bond donors (Lipinski definition) is 7. The molecule has 4 atom stereocenters. The molecule has 0 bridgehead atoms. The molecular weight excluding hydrogens is 390 g/mol. The van der Waals surface area contributed by atoms with Gasteiger partial charge in [-0.15, -0.1) is 0 Å². The lowest BCUT2D eigenvalue weighted by Crippen LogP contribution is -2.56. The quantitative estimate of drug-likeness (QED) is 0.157. The van der Waals surface area contributed by atoms with Gasteiger partial charge in [-0.2, -0.15) is 16.8 Å². The minimum Gasteiger partial charge on any atom is -0.481 e. The molecule has 7 N–H and O–H groups in total. The lowest BCUT2D eigenvalue weighted by Gasteiger charge is -2.30. The monoisotopic (exact) mass is 409 g/mol. The second kappa shape index (κ2) is 9.37. The smallest absolute Gasteiger partial charge is 0.304 e. The van der Waals surface area contributed by atoms with Gasteiger partial charge in [-0.05, 0) is 0 Å². The highest BCUT2D eigenvalue weighted by molar-refractivity contribution is 7.86. The number of nitrogens with one attached hydrogen (secondary N) is 1. The summed E-state index contributed by atoms with van der Waals surface area (Å²) >= 11 is 0. The summed E-state index contributed by atoms with van der Waals surface area (Å²) in [7, 11) is -10.00. The molecule has 0 heterocycles. The van der Waals surface area contributed by atoms with Crippen LogP contribution in [0.25, 0.3) is 0 Å². The first-order valence-corrected chi connectivity index (χ1v) is 9.58. The number of rotatable bonds is 12. The standard InChI is InChI=1S/C10H19NO12S2/c12-3-7(24(18,19)20)5(1-9(14)15)11-6(2-10(16)17)8(4-13)25(21,22)23/h5-8,11-13H,1-4H2,(H,14,15)(H,16,17)(H,18,19,20)(H,21,22,23). The van der Waals surface area contributed by atoms with Gasteiger partial charge in [-0.25, -0.2) is 0 Å². The maximum absolute atomic E-state index is 11.3. The van der Waals surface area contributed by atoms with Crippen LogP contribution in [0.2, 0.25) is 0 Å². The number of aliphatic hydroxyl groups excluding tert-OH is 2. The number of hydrogen-bond acceptors (Lipinski definition) is 9. The highest BCUT2D eigenvalue weighted by Crippen LogP contribution is 2.15. The normalized spacial score (nSPS) is 17.4. The average Bonchev–Trinajstić information content (AvgIpc) is 2.34. The number of aliphatic hydroxyl groups is 2. The molecule has 0 rings (SSSR count). The Kier molecular flexibility index (Phi) is 8.86. The van der Waals surface area contributed by atoms with Crippen LogP contribution in [0.5, 0.6) is 0 Å². The first-order valence-electron chi connectivity index (χ1n) is 6.58. The summed E-state index contributed by atoms with van der Waals surface area (Å²) in [4.78, 5) is 21.7. The van der Waals surface area contributed by atoms with Crippen molar-refractivity contribution in [1.82, 2.24) is 5.32 Å². The number of aliphatic carboxylic acids is 2.